The molecule has 0 unspecified atom stereocenters. The summed E-state index contributed by atoms with van der Waals surface area (Å²) in [4.78, 5) is 2.63. The SMILES string of the molecule is CC(C)(C)C[C@@H]1CN(CCC2CCNCC2)CCO1. The van der Waals surface area contributed by atoms with Gasteiger partial charge in [0.15, 0.2) is 0 Å². The molecule has 0 saturated carbocycles. The molecule has 19 heavy (non-hydrogen) atoms. The number of ether oxygens (including phenoxy) is 1. The van der Waals surface area contributed by atoms with Crippen LogP contribution >= 0.6 is 0 Å². The second kappa shape index (κ2) is 7.05. The lowest BCUT2D eigenvalue weighted by atomic mass is 9.88. The van der Waals surface area contributed by atoms with Crippen LogP contribution in [-0.4, -0.2) is 50.3 Å². The molecule has 3 heteroatoms. The summed E-state index contributed by atoms with van der Waals surface area (Å²) in [7, 11) is 0. The minimum Gasteiger partial charge on any atom is -0.376 e. The van der Waals surface area contributed by atoms with E-state index in [0.717, 1.165) is 25.6 Å². The van der Waals surface area contributed by atoms with E-state index >= 15 is 0 Å². The van der Waals surface area contributed by atoms with Gasteiger partial charge in [-0.3, -0.25) is 4.90 Å². The van der Waals surface area contributed by atoms with E-state index in [-0.39, 0.29) is 0 Å². The molecule has 0 amide bonds. The Morgan fingerprint density at radius 2 is 1.95 bits per heavy atom. The maximum atomic E-state index is 5.92. The molecule has 2 fully saturated rings. The lowest BCUT2D eigenvalue weighted by molar-refractivity contribution is -0.0468. The monoisotopic (exact) mass is 268 g/mol. The second-order valence-electron chi connectivity index (χ2n) is 7.54. The van der Waals surface area contributed by atoms with Crippen molar-refractivity contribution in [1.29, 1.82) is 0 Å². The molecule has 0 bridgehead atoms. The zero-order valence-electron chi connectivity index (χ0n) is 13.1. The van der Waals surface area contributed by atoms with Crippen LogP contribution in [0.15, 0.2) is 0 Å². The van der Waals surface area contributed by atoms with Crippen molar-refractivity contribution in [1.82, 2.24) is 10.2 Å². The van der Waals surface area contributed by atoms with E-state index in [2.05, 4.69) is 31.0 Å². The highest BCUT2D eigenvalue weighted by molar-refractivity contribution is 4.78. The van der Waals surface area contributed by atoms with E-state index in [4.69, 9.17) is 4.74 Å². The fraction of sp³-hybridized carbons (Fsp3) is 1.00. The van der Waals surface area contributed by atoms with Crippen LogP contribution in [0, 0.1) is 11.3 Å². The Morgan fingerprint density at radius 1 is 1.21 bits per heavy atom. The highest BCUT2D eigenvalue weighted by atomic mass is 16.5. The van der Waals surface area contributed by atoms with Crippen molar-refractivity contribution in [3.8, 4) is 0 Å². The molecule has 0 aromatic heterocycles. The first kappa shape index (κ1) is 15.3. The Kier molecular flexibility index (Phi) is 5.67. The summed E-state index contributed by atoms with van der Waals surface area (Å²) >= 11 is 0. The van der Waals surface area contributed by atoms with Gasteiger partial charge in [-0.15, -0.1) is 0 Å². The van der Waals surface area contributed by atoms with Crippen LogP contribution < -0.4 is 5.32 Å². The Labute approximate surface area is 119 Å². The summed E-state index contributed by atoms with van der Waals surface area (Å²) in [5, 5.41) is 3.45. The molecule has 0 aliphatic carbocycles. The second-order valence-corrected chi connectivity index (χ2v) is 7.54. The Balaban J connectivity index is 1.68. The quantitative estimate of drug-likeness (QED) is 0.848. The fourth-order valence-corrected chi connectivity index (χ4v) is 3.33. The fourth-order valence-electron chi connectivity index (χ4n) is 3.33. The Hall–Kier alpha value is -0.120. The van der Waals surface area contributed by atoms with Gasteiger partial charge in [0, 0.05) is 13.1 Å². The third-order valence-corrected chi connectivity index (χ3v) is 4.38. The van der Waals surface area contributed by atoms with Crippen molar-refractivity contribution in [2.24, 2.45) is 11.3 Å². The molecule has 0 spiro atoms. The zero-order valence-corrected chi connectivity index (χ0v) is 13.1. The molecule has 0 radical (unpaired) electrons. The number of piperidine rings is 1. The molecule has 1 atom stereocenters. The standard InChI is InChI=1S/C16H32N2O/c1-16(2,3)12-15-13-18(10-11-19-15)9-6-14-4-7-17-8-5-14/h14-15,17H,4-13H2,1-3H3/t15-/m1/s1. The number of rotatable bonds is 4. The van der Waals surface area contributed by atoms with Gasteiger partial charge >= 0.3 is 0 Å². The molecule has 2 aliphatic rings. The number of hydrogen-bond donors (Lipinski definition) is 1. The third kappa shape index (κ3) is 5.80. The molecule has 0 aromatic rings. The van der Waals surface area contributed by atoms with Crippen molar-refractivity contribution in [2.75, 3.05) is 39.3 Å². The highest BCUT2D eigenvalue weighted by Gasteiger charge is 2.25. The van der Waals surface area contributed by atoms with Crippen molar-refractivity contribution in [3.05, 3.63) is 0 Å². The largest absolute Gasteiger partial charge is 0.376 e. The van der Waals surface area contributed by atoms with Crippen LogP contribution in [0.4, 0.5) is 0 Å². The minimum atomic E-state index is 0.378. The predicted molar refractivity (Wildman–Crippen MR) is 80.5 cm³/mol. The molecule has 112 valence electrons. The number of nitrogens with zero attached hydrogens (tertiary/aromatic N) is 1. The molecule has 3 nitrogen and oxygen atoms in total. The van der Waals surface area contributed by atoms with Crippen LogP contribution in [0.5, 0.6) is 0 Å². The summed E-state index contributed by atoms with van der Waals surface area (Å²) in [6.07, 6.45) is 5.74. The van der Waals surface area contributed by atoms with E-state index in [1.165, 1.54) is 45.3 Å². The number of nitrogens with one attached hydrogen (secondary N) is 1. The third-order valence-electron chi connectivity index (χ3n) is 4.38. The topological polar surface area (TPSA) is 24.5 Å². The van der Waals surface area contributed by atoms with E-state index < -0.39 is 0 Å². The molecule has 2 heterocycles. The van der Waals surface area contributed by atoms with Gasteiger partial charge in [-0.25, -0.2) is 0 Å². The van der Waals surface area contributed by atoms with Crippen LogP contribution in [0.25, 0.3) is 0 Å². The van der Waals surface area contributed by atoms with Crippen LogP contribution in [0.1, 0.15) is 46.5 Å². The first-order valence-electron chi connectivity index (χ1n) is 8.07. The molecule has 2 rings (SSSR count). The van der Waals surface area contributed by atoms with Crippen LogP contribution in [0.3, 0.4) is 0 Å². The maximum Gasteiger partial charge on any atom is 0.0707 e. The summed E-state index contributed by atoms with van der Waals surface area (Å²) in [5.74, 6) is 0.949. The summed E-state index contributed by atoms with van der Waals surface area (Å²) in [6.45, 7) is 13.8. The summed E-state index contributed by atoms with van der Waals surface area (Å²) in [5.41, 5.74) is 0.378. The van der Waals surface area contributed by atoms with Crippen molar-refractivity contribution < 1.29 is 4.74 Å². The molecular formula is C16H32N2O. The summed E-state index contributed by atoms with van der Waals surface area (Å²) in [6, 6.07) is 0. The van der Waals surface area contributed by atoms with E-state index in [0.29, 0.717) is 11.5 Å². The highest BCUT2D eigenvalue weighted by Crippen LogP contribution is 2.25. The average Bonchev–Trinajstić information content (AvgIpc) is 2.36. The van der Waals surface area contributed by atoms with Gasteiger partial charge in [-0.2, -0.15) is 0 Å². The van der Waals surface area contributed by atoms with Gasteiger partial charge in [0.05, 0.1) is 12.7 Å². The van der Waals surface area contributed by atoms with Crippen LogP contribution in [0.2, 0.25) is 0 Å². The zero-order chi connectivity index (χ0) is 13.7. The maximum absolute atomic E-state index is 5.92. The van der Waals surface area contributed by atoms with Gasteiger partial charge in [0.1, 0.15) is 0 Å². The van der Waals surface area contributed by atoms with Gasteiger partial charge < -0.3 is 10.1 Å². The smallest absolute Gasteiger partial charge is 0.0707 e. The first-order chi connectivity index (χ1) is 9.03. The Bertz CT molecular complexity index is 256. The molecular weight excluding hydrogens is 236 g/mol. The van der Waals surface area contributed by atoms with E-state index in [1.807, 2.05) is 0 Å². The minimum absolute atomic E-state index is 0.378. The van der Waals surface area contributed by atoms with Gasteiger partial charge in [0.2, 0.25) is 0 Å². The van der Waals surface area contributed by atoms with Crippen LogP contribution in [-0.2, 0) is 4.74 Å². The average molecular weight is 268 g/mol. The van der Waals surface area contributed by atoms with Crippen molar-refractivity contribution in [2.45, 2.75) is 52.6 Å². The molecule has 0 aromatic carbocycles. The molecule has 1 N–H and O–H groups in total. The van der Waals surface area contributed by atoms with Gasteiger partial charge in [-0.1, -0.05) is 20.8 Å². The normalized spacial score (nSPS) is 27.6. The van der Waals surface area contributed by atoms with Crippen molar-refractivity contribution >= 4 is 0 Å². The molecule has 2 saturated heterocycles. The lowest BCUT2D eigenvalue weighted by Gasteiger charge is -2.36. The van der Waals surface area contributed by atoms with E-state index in [1.54, 1.807) is 0 Å². The summed E-state index contributed by atoms with van der Waals surface area (Å²) < 4.78 is 5.92. The number of morpholine rings is 1. The lowest BCUT2D eigenvalue weighted by Crippen LogP contribution is -2.44. The van der Waals surface area contributed by atoms with E-state index in [9.17, 15) is 0 Å². The number of hydrogen-bond acceptors (Lipinski definition) is 3. The van der Waals surface area contributed by atoms with Gasteiger partial charge in [-0.05, 0) is 56.7 Å². The predicted octanol–water partition coefficient (Wildman–Crippen LogP) is 2.51. The molecule has 2 aliphatic heterocycles. The van der Waals surface area contributed by atoms with Gasteiger partial charge in [0.25, 0.3) is 0 Å². The Morgan fingerprint density at radius 3 is 2.63 bits per heavy atom. The first-order valence-corrected chi connectivity index (χ1v) is 8.07. The van der Waals surface area contributed by atoms with Crippen molar-refractivity contribution in [3.63, 3.8) is 0 Å².